The number of halogens is 1. The van der Waals surface area contributed by atoms with Gasteiger partial charge in [0.15, 0.2) is 0 Å². The first kappa shape index (κ1) is 12.9. The molecule has 0 aliphatic heterocycles. The number of hydrogen-bond donors (Lipinski definition) is 1. The van der Waals surface area contributed by atoms with Gasteiger partial charge in [0, 0.05) is 0 Å². The van der Waals surface area contributed by atoms with Crippen molar-refractivity contribution in [2.24, 2.45) is 0 Å². The number of aliphatic hydroxyl groups is 1. The number of benzene rings is 1. The minimum atomic E-state index is -0.243. The fourth-order valence-electron chi connectivity index (χ4n) is 1.61. The summed E-state index contributed by atoms with van der Waals surface area (Å²) in [6, 6.07) is 6.25. The first-order valence-corrected chi connectivity index (χ1v) is 5.83. The van der Waals surface area contributed by atoms with Gasteiger partial charge in [-0.15, -0.1) is 0 Å². The van der Waals surface area contributed by atoms with Gasteiger partial charge in [-0.05, 0) is 36.1 Å². The summed E-state index contributed by atoms with van der Waals surface area (Å²) in [6.45, 7) is 2.17. The molecular formula is C14H19FO. The van der Waals surface area contributed by atoms with Crippen LogP contribution in [0.25, 0.3) is 5.57 Å². The third-order valence-electron chi connectivity index (χ3n) is 2.58. The fourth-order valence-corrected chi connectivity index (χ4v) is 1.61. The van der Waals surface area contributed by atoms with E-state index in [1.165, 1.54) is 25.0 Å². The molecule has 1 aromatic rings. The van der Waals surface area contributed by atoms with Crippen molar-refractivity contribution in [1.82, 2.24) is 0 Å². The third-order valence-corrected chi connectivity index (χ3v) is 2.58. The van der Waals surface area contributed by atoms with E-state index in [0.717, 1.165) is 24.0 Å². The quantitative estimate of drug-likeness (QED) is 0.726. The normalized spacial score (nSPS) is 11.8. The Morgan fingerprint density at radius 2 is 1.94 bits per heavy atom. The maximum Gasteiger partial charge on any atom is 0.123 e. The van der Waals surface area contributed by atoms with Gasteiger partial charge in [0.05, 0.1) is 6.61 Å². The predicted molar refractivity (Wildman–Crippen MR) is 65.6 cm³/mol. The van der Waals surface area contributed by atoms with E-state index in [1.54, 1.807) is 12.1 Å². The lowest BCUT2D eigenvalue weighted by Crippen LogP contribution is -1.91. The molecule has 0 fully saturated rings. The summed E-state index contributed by atoms with van der Waals surface area (Å²) >= 11 is 0. The Morgan fingerprint density at radius 3 is 2.50 bits per heavy atom. The van der Waals surface area contributed by atoms with Gasteiger partial charge in [0.2, 0.25) is 0 Å². The molecule has 0 unspecified atom stereocenters. The van der Waals surface area contributed by atoms with Crippen molar-refractivity contribution in [3.05, 3.63) is 41.7 Å². The van der Waals surface area contributed by atoms with Gasteiger partial charge in [-0.2, -0.15) is 0 Å². The van der Waals surface area contributed by atoms with Gasteiger partial charge in [-0.3, -0.25) is 0 Å². The molecule has 0 bridgehead atoms. The second-order valence-electron chi connectivity index (χ2n) is 3.89. The summed E-state index contributed by atoms with van der Waals surface area (Å²) < 4.78 is 12.7. The average Bonchev–Trinajstić information content (AvgIpc) is 2.31. The molecule has 0 saturated carbocycles. The Bertz CT molecular complexity index is 327. The second-order valence-corrected chi connectivity index (χ2v) is 3.89. The Balaban J connectivity index is 2.62. The number of hydrogen-bond acceptors (Lipinski definition) is 1. The number of aliphatic hydroxyl groups excluding tert-OH is 1. The van der Waals surface area contributed by atoms with Crippen LogP contribution in [0.5, 0.6) is 0 Å². The maximum atomic E-state index is 12.7. The van der Waals surface area contributed by atoms with Crippen molar-refractivity contribution in [1.29, 1.82) is 0 Å². The standard InChI is InChI=1S/C14H19FO/c1-2-3-4-5-6-13(11-16)12-7-9-14(15)10-8-12/h6-10,16H,2-5,11H2,1H3/b13-6+. The highest BCUT2D eigenvalue weighted by Gasteiger charge is 1.99. The van der Waals surface area contributed by atoms with Gasteiger partial charge in [-0.25, -0.2) is 4.39 Å². The number of allylic oxidation sites excluding steroid dienone is 1. The molecule has 1 rings (SSSR count). The molecule has 0 atom stereocenters. The van der Waals surface area contributed by atoms with Gasteiger partial charge < -0.3 is 5.11 Å². The fraction of sp³-hybridized carbons (Fsp3) is 0.429. The topological polar surface area (TPSA) is 20.2 Å². The minimum Gasteiger partial charge on any atom is -0.392 e. The molecule has 0 aliphatic carbocycles. The first-order chi connectivity index (χ1) is 7.77. The van der Waals surface area contributed by atoms with Gasteiger partial charge in [0.1, 0.15) is 5.82 Å². The van der Waals surface area contributed by atoms with Crippen LogP contribution in [0.4, 0.5) is 4.39 Å². The van der Waals surface area contributed by atoms with Crippen molar-refractivity contribution in [2.75, 3.05) is 6.61 Å². The number of unbranched alkanes of at least 4 members (excludes halogenated alkanes) is 3. The zero-order valence-electron chi connectivity index (χ0n) is 9.75. The molecule has 0 saturated heterocycles. The smallest absolute Gasteiger partial charge is 0.123 e. The van der Waals surface area contributed by atoms with Crippen LogP contribution in [0.15, 0.2) is 30.3 Å². The van der Waals surface area contributed by atoms with E-state index in [4.69, 9.17) is 0 Å². The average molecular weight is 222 g/mol. The van der Waals surface area contributed by atoms with E-state index >= 15 is 0 Å². The van der Waals surface area contributed by atoms with Gasteiger partial charge in [-0.1, -0.05) is 38.0 Å². The molecule has 2 heteroatoms. The maximum absolute atomic E-state index is 12.7. The third kappa shape index (κ3) is 4.15. The molecule has 88 valence electrons. The Morgan fingerprint density at radius 1 is 1.25 bits per heavy atom. The lowest BCUT2D eigenvalue weighted by Gasteiger charge is -2.04. The van der Waals surface area contributed by atoms with E-state index in [0.29, 0.717) is 0 Å². The van der Waals surface area contributed by atoms with Crippen LogP contribution >= 0.6 is 0 Å². The molecular weight excluding hydrogens is 203 g/mol. The zero-order valence-corrected chi connectivity index (χ0v) is 9.75. The molecule has 0 aliphatic rings. The van der Waals surface area contributed by atoms with Crippen molar-refractivity contribution < 1.29 is 9.50 Å². The van der Waals surface area contributed by atoms with Crippen molar-refractivity contribution >= 4 is 5.57 Å². The van der Waals surface area contributed by atoms with Crippen LogP contribution in [0.2, 0.25) is 0 Å². The summed E-state index contributed by atoms with van der Waals surface area (Å²) in [4.78, 5) is 0. The van der Waals surface area contributed by atoms with Gasteiger partial charge in [0.25, 0.3) is 0 Å². The van der Waals surface area contributed by atoms with Crippen LogP contribution in [0.1, 0.15) is 38.2 Å². The highest BCUT2D eigenvalue weighted by atomic mass is 19.1. The molecule has 0 heterocycles. The molecule has 0 aromatic heterocycles. The SMILES string of the molecule is CCCCC/C=C(\CO)c1ccc(F)cc1. The summed E-state index contributed by atoms with van der Waals surface area (Å²) in [5.41, 5.74) is 1.79. The van der Waals surface area contributed by atoms with Crippen LogP contribution in [0, 0.1) is 5.82 Å². The Hall–Kier alpha value is -1.15. The lowest BCUT2D eigenvalue weighted by molar-refractivity contribution is 0.350. The molecule has 0 spiro atoms. The largest absolute Gasteiger partial charge is 0.392 e. The highest BCUT2D eigenvalue weighted by Crippen LogP contribution is 2.16. The van der Waals surface area contributed by atoms with E-state index in [-0.39, 0.29) is 12.4 Å². The van der Waals surface area contributed by atoms with Crippen molar-refractivity contribution in [3.63, 3.8) is 0 Å². The second kappa shape index (κ2) is 7.18. The Labute approximate surface area is 96.6 Å². The summed E-state index contributed by atoms with van der Waals surface area (Å²) in [6.07, 6.45) is 6.56. The highest BCUT2D eigenvalue weighted by molar-refractivity contribution is 5.65. The van der Waals surface area contributed by atoms with Crippen molar-refractivity contribution in [2.45, 2.75) is 32.6 Å². The molecule has 0 amide bonds. The van der Waals surface area contributed by atoms with Crippen LogP contribution in [-0.4, -0.2) is 11.7 Å². The molecule has 1 nitrogen and oxygen atoms in total. The van der Waals surface area contributed by atoms with E-state index < -0.39 is 0 Å². The van der Waals surface area contributed by atoms with Gasteiger partial charge >= 0.3 is 0 Å². The minimum absolute atomic E-state index is 0.0117. The molecule has 0 radical (unpaired) electrons. The summed E-state index contributed by atoms with van der Waals surface area (Å²) in [7, 11) is 0. The molecule has 16 heavy (non-hydrogen) atoms. The first-order valence-electron chi connectivity index (χ1n) is 5.83. The van der Waals surface area contributed by atoms with E-state index in [1.807, 2.05) is 6.08 Å². The van der Waals surface area contributed by atoms with Crippen LogP contribution in [-0.2, 0) is 0 Å². The van der Waals surface area contributed by atoms with E-state index in [9.17, 15) is 9.50 Å². The predicted octanol–water partition coefficient (Wildman–Crippen LogP) is 3.78. The Kier molecular flexibility index (Phi) is 5.79. The van der Waals surface area contributed by atoms with Crippen LogP contribution in [0.3, 0.4) is 0 Å². The molecule has 1 N–H and O–H groups in total. The summed E-state index contributed by atoms with van der Waals surface area (Å²) in [5, 5.41) is 9.24. The van der Waals surface area contributed by atoms with Crippen LogP contribution < -0.4 is 0 Å². The van der Waals surface area contributed by atoms with E-state index in [2.05, 4.69) is 6.92 Å². The zero-order chi connectivity index (χ0) is 11.8. The number of rotatable bonds is 6. The monoisotopic (exact) mass is 222 g/mol. The lowest BCUT2D eigenvalue weighted by atomic mass is 10.0. The van der Waals surface area contributed by atoms with Crippen molar-refractivity contribution in [3.8, 4) is 0 Å². The molecule has 1 aromatic carbocycles. The summed E-state index contributed by atoms with van der Waals surface area (Å²) in [5.74, 6) is -0.243.